The van der Waals surface area contributed by atoms with Gasteiger partial charge in [-0.1, -0.05) is 25.7 Å². The molecule has 1 aliphatic carbocycles. The van der Waals surface area contributed by atoms with Gasteiger partial charge in [0.25, 0.3) is 0 Å². The molecule has 0 radical (unpaired) electrons. The second-order valence-electron chi connectivity index (χ2n) is 5.13. The van der Waals surface area contributed by atoms with Crippen molar-refractivity contribution in [1.29, 1.82) is 0 Å². The van der Waals surface area contributed by atoms with Gasteiger partial charge in [-0.3, -0.25) is 0 Å². The lowest BCUT2D eigenvalue weighted by Gasteiger charge is -2.19. The molecule has 1 aromatic carbocycles. The Bertz CT molecular complexity index is 384. The van der Waals surface area contributed by atoms with E-state index < -0.39 is 0 Å². The summed E-state index contributed by atoms with van der Waals surface area (Å²) in [5.74, 6) is 1.62. The van der Waals surface area contributed by atoms with Gasteiger partial charge in [0, 0.05) is 17.8 Å². The van der Waals surface area contributed by atoms with Crippen LogP contribution in [0.1, 0.15) is 45.4 Å². The van der Waals surface area contributed by atoms with Gasteiger partial charge in [-0.15, -0.1) is 0 Å². The Morgan fingerprint density at radius 1 is 1.11 bits per heavy atom. The fraction of sp³-hybridized carbons (Fsp3) is 0.625. The summed E-state index contributed by atoms with van der Waals surface area (Å²) in [5, 5.41) is 3.63. The second-order valence-corrected chi connectivity index (χ2v) is 5.13. The predicted molar refractivity (Wildman–Crippen MR) is 79.3 cm³/mol. The number of benzene rings is 1. The number of ether oxygens (including phenoxy) is 2. The molecule has 0 bridgehead atoms. The molecule has 0 aromatic heterocycles. The lowest BCUT2D eigenvalue weighted by atomic mass is 10.1. The van der Waals surface area contributed by atoms with Crippen molar-refractivity contribution < 1.29 is 9.47 Å². The first-order valence-electron chi connectivity index (χ1n) is 7.41. The van der Waals surface area contributed by atoms with Crippen LogP contribution in [-0.2, 0) is 0 Å². The van der Waals surface area contributed by atoms with Crippen molar-refractivity contribution in [2.45, 2.75) is 51.5 Å². The molecule has 3 nitrogen and oxygen atoms in total. The van der Waals surface area contributed by atoms with E-state index in [1.807, 2.05) is 19.1 Å². The molecule has 0 amide bonds. The van der Waals surface area contributed by atoms with Gasteiger partial charge in [0.2, 0.25) is 0 Å². The van der Waals surface area contributed by atoms with E-state index in [0.29, 0.717) is 12.6 Å². The molecule has 0 spiro atoms. The third-order valence-corrected chi connectivity index (χ3v) is 3.69. The molecule has 0 unspecified atom stereocenters. The lowest BCUT2D eigenvalue weighted by molar-refractivity contribution is 0.311. The van der Waals surface area contributed by atoms with Crippen LogP contribution in [0, 0.1) is 0 Å². The van der Waals surface area contributed by atoms with Crippen molar-refractivity contribution in [3.05, 3.63) is 18.2 Å². The number of hydrogen-bond acceptors (Lipinski definition) is 3. The maximum absolute atomic E-state index is 5.54. The Morgan fingerprint density at radius 2 is 1.84 bits per heavy atom. The average Bonchev–Trinajstić information content (AvgIpc) is 2.69. The van der Waals surface area contributed by atoms with Crippen LogP contribution in [0.2, 0.25) is 0 Å². The van der Waals surface area contributed by atoms with E-state index in [4.69, 9.17) is 9.47 Å². The van der Waals surface area contributed by atoms with Crippen molar-refractivity contribution in [1.82, 2.24) is 0 Å². The van der Waals surface area contributed by atoms with Crippen molar-refractivity contribution in [3.63, 3.8) is 0 Å². The van der Waals surface area contributed by atoms with E-state index in [0.717, 1.165) is 17.2 Å². The van der Waals surface area contributed by atoms with Crippen molar-refractivity contribution in [2.75, 3.05) is 19.0 Å². The predicted octanol–water partition coefficient (Wildman–Crippen LogP) is 4.23. The number of methoxy groups -OCH3 is 1. The number of anilines is 1. The molecule has 1 aliphatic rings. The monoisotopic (exact) mass is 263 g/mol. The third-order valence-electron chi connectivity index (χ3n) is 3.69. The maximum atomic E-state index is 5.54. The summed E-state index contributed by atoms with van der Waals surface area (Å²) < 4.78 is 10.9. The molecule has 106 valence electrons. The van der Waals surface area contributed by atoms with Crippen LogP contribution < -0.4 is 14.8 Å². The smallest absolute Gasteiger partial charge is 0.162 e. The van der Waals surface area contributed by atoms with Gasteiger partial charge in [0.1, 0.15) is 0 Å². The van der Waals surface area contributed by atoms with E-state index in [9.17, 15) is 0 Å². The Kier molecular flexibility index (Phi) is 5.37. The zero-order chi connectivity index (χ0) is 13.5. The Balaban J connectivity index is 2.03. The van der Waals surface area contributed by atoms with Crippen molar-refractivity contribution >= 4 is 5.69 Å². The van der Waals surface area contributed by atoms with E-state index in [-0.39, 0.29) is 0 Å². The largest absolute Gasteiger partial charge is 0.493 e. The SMILES string of the molecule is CCOc1ccc(NC2CCCCCC2)cc1OC. The lowest BCUT2D eigenvalue weighted by Crippen LogP contribution is -2.18. The fourth-order valence-corrected chi connectivity index (χ4v) is 2.69. The average molecular weight is 263 g/mol. The summed E-state index contributed by atoms with van der Waals surface area (Å²) in [5.41, 5.74) is 1.13. The van der Waals surface area contributed by atoms with Crippen LogP contribution in [0.5, 0.6) is 11.5 Å². The van der Waals surface area contributed by atoms with Crippen LogP contribution in [-0.4, -0.2) is 19.8 Å². The minimum atomic E-state index is 0.602. The first-order chi connectivity index (χ1) is 9.33. The number of rotatable bonds is 5. The van der Waals surface area contributed by atoms with Gasteiger partial charge < -0.3 is 14.8 Å². The van der Waals surface area contributed by atoms with Gasteiger partial charge in [0.15, 0.2) is 11.5 Å². The molecule has 1 N–H and O–H groups in total. The van der Waals surface area contributed by atoms with Crippen LogP contribution >= 0.6 is 0 Å². The molecule has 0 aliphatic heterocycles. The highest BCUT2D eigenvalue weighted by molar-refractivity contribution is 5.55. The molecular weight excluding hydrogens is 238 g/mol. The summed E-state index contributed by atoms with van der Waals surface area (Å²) in [7, 11) is 1.69. The summed E-state index contributed by atoms with van der Waals surface area (Å²) in [6.07, 6.45) is 7.98. The fourth-order valence-electron chi connectivity index (χ4n) is 2.69. The molecule has 19 heavy (non-hydrogen) atoms. The zero-order valence-corrected chi connectivity index (χ0v) is 12.1. The van der Waals surface area contributed by atoms with Crippen LogP contribution in [0.15, 0.2) is 18.2 Å². The number of nitrogens with one attached hydrogen (secondary N) is 1. The minimum Gasteiger partial charge on any atom is -0.493 e. The topological polar surface area (TPSA) is 30.5 Å². The van der Waals surface area contributed by atoms with Gasteiger partial charge in [-0.25, -0.2) is 0 Å². The Labute approximate surface area is 116 Å². The van der Waals surface area contributed by atoms with Gasteiger partial charge in [0.05, 0.1) is 13.7 Å². The molecule has 1 saturated carbocycles. The normalized spacial score (nSPS) is 16.7. The summed E-state index contributed by atoms with van der Waals surface area (Å²) in [6.45, 7) is 2.64. The summed E-state index contributed by atoms with van der Waals surface area (Å²) in [4.78, 5) is 0. The molecule has 1 fully saturated rings. The van der Waals surface area contributed by atoms with Crippen LogP contribution in [0.4, 0.5) is 5.69 Å². The minimum absolute atomic E-state index is 0.602. The standard InChI is InChI=1S/C16H25NO2/c1-3-19-15-11-10-14(12-16(15)18-2)17-13-8-6-4-5-7-9-13/h10-13,17H,3-9H2,1-2H3. The molecule has 0 saturated heterocycles. The molecule has 2 rings (SSSR count). The van der Waals surface area contributed by atoms with Gasteiger partial charge in [-0.05, 0) is 31.9 Å². The summed E-state index contributed by atoms with van der Waals surface area (Å²) in [6, 6.07) is 6.71. The number of hydrogen-bond donors (Lipinski definition) is 1. The van der Waals surface area contributed by atoms with E-state index in [2.05, 4.69) is 11.4 Å². The van der Waals surface area contributed by atoms with Crippen molar-refractivity contribution in [3.8, 4) is 11.5 Å². The van der Waals surface area contributed by atoms with E-state index in [1.165, 1.54) is 38.5 Å². The molecule has 0 atom stereocenters. The quantitative estimate of drug-likeness (QED) is 0.806. The van der Waals surface area contributed by atoms with E-state index >= 15 is 0 Å². The molecule has 0 heterocycles. The van der Waals surface area contributed by atoms with Crippen molar-refractivity contribution in [2.24, 2.45) is 0 Å². The van der Waals surface area contributed by atoms with Gasteiger partial charge >= 0.3 is 0 Å². The van der Waals surface area contributed by atoms with Crippen LogP contribution in [0.25, 0.3) is 0 Å². The van der Waals surface area contributed by atoms with E-state index in [1.54, 1.807) is 7.11 Å². The third kappa shape index (κ3) is 4.05. The molecule has 3 heteroatoms. The molecule has 1 aromatic rings. The highest BCUT2D eigenvalue weighted by Gasteiger charge is 2.13. The maximum Gasteiger partial charge on any atom is 0.162 e. The highest BCUT2D eigenvalue weighted by atomic mass is 16.5. The Hall–Kier alpha value is -1.38. The molecular formula is C16H25NO2. The highest BCUT2D eigenvalue weighted by Crippen LogP contribution is 2.31. The zero-order valence-electron chi connectivity index (χ0n) is 12.1. The second kappa shape index (κ2) is 7.27. The first-order valence-corrected chi connectivity index (χ1v) is 7.41. The van der Waals surface area contributed by atoms with Crippen LogP contribution in [0.3, 0.4) is 0 Å². The Morgan fingerprint density at radius 3 is 2.47 bits per heavy atom. The summed E-state index contributed by atoms with van der Waals surface area (Å²) >= 11 is 0. The first kappa shape index (κ1) is 14.0. The van der Waals surface area contributed by atoms with Gasteiger partial charge in [-0.2, -0.15) is 0 Å².